The number of Topliss-reactive ketones (excluding diaryl/α,β-unsaturated/α-hetero) is 1. The van der Waals surface area contributed by atoms with Crippen LogP contribution in [0.4, 0.5) is 23.3 Å². The smallest absolute Gasteiger partial charge is 0.325 e. The third-order valence-corrected chi connectivity index (χ3v) is 19.9. The molecule has 0 saturated carbocycles. The number of nitrogens with two attached hydrogens (primary N) is 1. The van der Waals surface area contributed by atoms with Crippen molar-refractivity contribution in [2.24, 2.45) is 11.7 Å². The molecule has 118 heavy (non-hydrogen) atoms. The number of anilines is 4. The zero-order valence-electron chi connectivity index (χ0n) is 69.2. The lowest BCUT2D eigenvalue weighted by molar-refractivity contribution is -0.142. The quantitative estimate of drug-likeness (QED) is 0.0322. The summed E-state index contributed by atoms with van der Waals surface area (Å²) in [7, 11) is 15.4. The van der Waals surface area contributed by atoms with E-state index in [0.29, 0.717) is 96.6 Å². The maximum absolute atomic E-state index is 12.6. The van der Waals surface area contributed by atoms with Gasteiger partial charge in [-0.2, -0.15) is 0 Å². The second-order valence-electron chi connectivity index (χ2n) is 28.2. The van der Waals surface area contributed by atoms with E-state index in [1.54, 1.807) is 134 Å². The number of hydrogen-bond acceptors (Lipinski definition) is 31. The Labute approximate surface area is 701 Å². The average Bonchev–Trinajstić information content (AvgIpc) is 1.57. The average molecular weight is 1710 g/mol. The van der Waals surface area contributed by atoms with Crippen molar-refractivity contribution < 1.29 is 66.9 Å². The van der Waals surface area contributed by atoms with E-state index in [4.69, 9.17) is 80.0 Å². The maximum atomic E-state index is 12.6. The molecule has 2 aliphatic heterocycles. The summed E-state index contributed by atoms with van der Waals surface area (Å²) in [5, 5.41) is 9.27. The molecule has 0 bridgehead atoms. The minimum atomic E-state index is -0.890. The van der Waals surface area contributed by atoms with Crippen LogP contribution < -0.4 is 49.0 Å². The van der Waals surface area contributed by atoms with Gasteiger partial charge in [0.1, 0.15) is 93.3 Å². The number of halogens is 2. The number of nitrogens with zero attached hydrogens (tertiary/aromatic N) is 17. The molecule has 4 aliphatic carbocycles. The van der Waals surface area contributed by atoms with E-state index >= 15 is 0 Å². The molecule has 32 nitrogen and oxygen atoms in total. The zero-order valence-corrected chi connectivity index (χ0v) is 71.5. The highest BCUT2D eigenvalue weighted by Crippen LogP contribution is 2.36. The fourth-order valence-corrected chi connectivity index (χ4v) is 14.1. The van der Waals surface area contributed by atoms with Gasteiger partial charge in [-0.3, -0.25) is 39.1 Å². The Morgan fingerprint density at radius 1 is 0.475 bits per heavy atom. The molecule has 2 unspecified atom stereocenters. The summed E-state index contributed by atoms with van der Waals surface area (Å²) in [5.74, 6) is 7.61. The van der Waals surface area contributed by atoms with E-state index in [-0.39, 0.29) is 42.6 Å². The molecule has 2 fully saturated rings. The summed E-state index contributed by atoms with van der Waals surface area (Å²) >= 11 is 9.12. The van der Waals surface area contributed by atoms with Crippen molar-refractivity contribution in [2.45, 2.75) is 123 Å². The van der Waals surface area contributed by atoms with E-state index in [0.717, 1.165) is 200 Å². The minimum Gasteiger partial charge on any atom is -0.497 e. The molecule has 0 amide bonds. The SMILES string of the molecule is CCOC(=O)CN(C)c1nc(-c2cc(OC)ccn2)nc2c1CCC2.CCOC(=O)CN(C)c1nc(Cl)nc2c1CCC2.COc1ccnc(-c2nc3c(c(N(C)CC(=O)CC4CCOC4)n2)CCC3)c1.COc1ccnc(-c2nc3c(c(N(C)CC(=O)O)n2)CCC3)c1.COc1ccnc(Br)c1.COc1ccnc(C)c1.NC1CCOC1. The molecule has 0 spiro atoms. The van der Waals surface area contributed by atoms with E-state index < -0.39 is 5.97 Å². The van der Waals surface area contributed by atoms with Gasteiger partial charge in [-0.1, -0.05) is 0 Å². The number of fused-ring (bicyclic) bond motifs is 4. The Morgan fingerprint density at radius 3 is 1.18 bits per heavy atom. The summed E-state index contributed by atoms with van der Waals surface area (Å²) in [6, 6.07) is 18.4. The normalized spacial score (nSPS) is 14.6. The van der Waals surface area contributed by atoms with Gasteiger partial charge in [-0.15, -0.1) is 0 Å². The number of rotatable bonds is 24. The molecule has 34 heteroatoms. The molecular formula is C84H106BrClN18O14. The number of aryl methyl sites for hydroxylation is 5. The molecule has 9 aromatic rings. The number of carbonyl (C=O) groups is 4. The first kappa shape index (κ1) is 90.9. The molecule has 3 N–H and O–H groups in total. The number of carboxylic acid groups (broad SMARTS) is 1. The van der Waals surface area contributed by atoms with Gasteiger partial charge in [-0.25, -0.2) is 44.9 Å². The Balaban J connectivity index is 0.000000165. The minimum absolute atomic E-state index is 0.103. The zero-order chi connectivity index (χ0) is 84.6. The Kier molecular flexibility index (Phi) is 35.6. The number of likely N-dealkylation sites (N-methyl/N-ethyl adjacent to an activating group) is 4. The van der Waals surface area contributed by atoms with Gasteiger partial charge in [0.15, 0.2) is 23.3 Å². The van der Waals surface area contributed by atoms with Crippen LogP contribution in [0.2, 0.25) is 5.28 Å². The number of methoxy groups -OCH3 is 5. The molecule has 6 aliphatic rings. The van der Waals surface area contributed by atoms with Gasteiger partial charge >= 0.3 is 17.9 Å². The van der Waals surface area contributed by atoms with Crippen molar-refractivity contribution in [3.63, 3.8) is 0 Å². The Bertz CT molecular complexity index is 4770. The molecule has 15 rings (SSSR count). The Morgan fingerprint density at radius 2 is 0.839 bits per heavy atom. The van der Waals surface area contributed by atoms with Crippen molar-refractivity contribution >= 4 is 74.5 Å². The molecule has 0 radical (unpaired) electrons. The van der Waals surface area contributed by atoms with Crippen molar-refractivity contribution in [3.8, 4) is 63.3 Å². The van der Waals surface area contributed by atoms with Crippen LogP contribution in [0.15, 0.2) is 96.3 Å². The van der Waals surface area contributed by atoms with Crippen LogP contribution >= 0.6 is 27.5 Å². The highest BCUT2D eigenvalue weighted by atomic mass is 79.9. The van der Waals surface area contributed by atoms with Gasteiger partial charge < -0.3 is 73.1 Å². The molecular weight excluding hydrogens is 1600 g/mol. The topological polar surface area (TPSA) is 378 Å². The number of carboxylic acids is 1. The van der Waals surface area contributed by atoms with E-state index in [1.165, 1.54) is 0 Å². The molecule has 11 heterocycles. The predicted molar refractivity (Wildman–Crippen MR) is 451 cm³/mol. The van der Waals surface area contributed by atoms with Crippen LogP contribution in [0.1, 0.15) is 110 Å². The number of pyridine rings is 5. The monoisotopic (exact) mass is 1700 g/mol. The van der Waals surface area contributed by atoms with Crippen LogP contribution in [0.5, 0.6) is 28.7 Å². The fourth-order valence-electron chi connectivity index (χ4n) is 13.6. The fraction of sp³-hybridized carbons (Fsp3) is 0.464. The molecule has 0 aromatic carbocycles. The van der Waals surface area contributed by atoms with Crippen molar-refractivity contribution in [1.82, 2.24) is 64.8 Å². The number of aliphatic carboxylic acids is 1. The number of esters is 2. The number of ketones is 1. The largest absolute Gasteiger partial charge is 0.497 e. The van der Waals surface area contributed by atoms with E-state index in [2.05, 4.69) is 65.8 Å². The van der Waals surface area contributed by atoms with Gasteiger partial charge in [0, 0.05) is 167 Å². The third-order valence-electron chi connectivity index (χ3n) is 19.3. The second kappa shape index (κ2) is 46.2. The highest BCUT2D eigenvalue weighted by Gasteiger charge is 2.29. The summed E-state index contributed by atoms with van der Waals surface area (Å²) in [5.41, 5.74) is 16.8. The number of carbonyl (C=O) groups excluding carboxylic acids is 3. The first-order valence-corrected chi connectivity index (χ1v) is 40.4. The first-order chi connectivity index (χ1) is 57.0. The molecule has 9 aromatic heterocycles. The van der Waals surface area contributed by atoms with Crippen LogP contribution in [0.3, 0.4) is 0 Å². The summed E-state index contributed by atoms with van der Waals surface area (Å²) in [4.78, 5) is 112. The van der Waals surface area contributed by atoms with E-state index in [1.807, 2.05) is 62.1 Å². The standard InChI is InChI=1S/C21H26N4O3.C18H22N4O3.C16H18N4O3.C12H16ClN3O2.C7H9NO.C6H6BrNO.C4H9NO/c1-25(12-15(26)10-14-7-9-28-13-14)21-17-4-3-5-18(17)23-20(24-21)19-11-16(27-2)6-8-22-19;1-4-25-16(23)11-22(2)18-13-6-5-7-14(13)20-17(21-18)15-10-12(24-3)8-9-19-15;1-20(9-14(21)22)16-11-4-3-5-12(11)18-15(19-16)13-8-10(23-2)6-7-17-13;1-3-18-10(17)7-16(2)11-8-5-4-6-9(8)14-12(13)15-11;1-6-5-7(9-2)3-4-8-6;1-9-5-2-3-8-6(7)4-5;5-4-1-2-6-3-4/h6,8,11,14H,3-5,7,9-10,12-13H2,1-2H3;8-10H,4-7,11H2,1-3H3;6-8H,3-5,9H2,1-2H3,(H,21,22);3-7H2,1-2H3;3-5H,1-2H3;2-4H,1H3;4H,1-3,5H2. The lowest BCUT2D eigenvalue weighted by Crippen LogP contribution is -2.29. The maximum Gasteiger partial charge on any atom is 0.325 e. The van der Waals surface area contributed by atoms with Crippen molar-refractivity contribution in [2.75, 3.05) is 149 Å². The number of ether oxygens (including phenoxy) is 9. The van der Waals surface area contributed by atoms with Crippen LogP contribution in [0.25, 0.3) is 34.6 Å². The molecule has 2 saturated heterocycles. The molecule has 2 atom stereocenters. The van der Waals surface area contributed by atoms with Crippen LogP contribution in [-0.2, 0) is 89.5 Å². The van der Waals surface area contributed by atoms with Crippen molar-refractivity contribution in [3.05, 3.63) is 152 Å². The number of hydrogen-bond donors (Lipinski definition) is 2. The van der Waals surface area contributed by atoms with Gasteiger partial charge in [-0.05, 0) is 174 Å². The van der Waals surface area contributed by atoms with Gasteiger partial charge in [0.05, 0.1) is 67.6 Å². The third kappa shape index (κ3) is 27.0. The van der Waals surface area contributed by atoms with E-state index in [9.17, 15) is 19.2 Å². The number of aromatic nitrogens is 13. The Hall–Kier alpha value is -11.0. The van der Waals surface area contributed by atoms with Gasteiger partial charge in [0.25, 0.3) is 0 Å². The second-order valence-corrected chi connectivity index (χ2v) is 29.3. The van der Waals surface area contributed by atoms with Crippen molar-refractivity contribution in [1.29, 1.82) is 0 Å². The lowest BCUT2D eigenvalue weighted by Gasteiger charge is -2.21. The highest BCUT2D eigenvalue weighted by molar-refractivity contribution is 9.10. The summed E-state index contributed by atoms with van der Waals surface area (Å²) in [6.07, 6.45) is 22.5. The molecule has 630 valence electrons. The summed E-state index contributed by atoms with van der Waals surface area (Å²) in [6.45, 7) is 9.94. The van der Waals surface area contributed by atoms with Gasteiger partial charge in [0.2, 0.25) is 5.28 Å². The predicted octanol–water partition coefficient (Wildman–Crippen LogP) is 10.7. The first-order valence-electron chi connectivity index (χ1n) is 39.2. The van der Waals surface area contributed by atoms with Crippen LogP contribution in [-0.4, -0.2) is 229 Å². The van der Waals surface area contributed by atoms with Crippen LogP contribution in [0, 0.1) is 12.8 Å². The summed E-state index contributed by atoms with van der Waals surface area (Å²) < 4.78 is 46.7. The lowest BCUT2D eigenvalue weighted by atomic mass is 10.0.